The normalized spacial score (nSPS) is 14.8. The molecule has 2 aromatic heterocycles. The Labute approximate surface area is 215 Å². The molecule has 192 valence electrons. The summed E-state index contributed by atoms with van der Waals surface area (Å²) in [4.78, 5) is 6.23. The fourth-order valence-corrected chi connectivity index (χ4v) is 4.57. The highest BCUT2D eigenvalue weighted by atomic mass is 35.5. The highest BCUT2D eigenvalue weighted by molar-refractivity contribution is 6.31. The molecule has 3 heterocycles. The van der Waals surface area contributed by atoms with Gasteiger partial charge in [0, 0.05) is 46.4 Å². The maximum atomic E-state index is 15.3. The molecule has 11 heteroatoms. The van der Waals surface area contributed by atoms with Crippen LogP contribution in [-0.4, -0.2) is 53.7 Å². The molecule has 4 aromatic rings. The lowest BCUT2D eigenvalue weighted by molar-refractivity contribution is 0.122. The standard InChI is InChI=1S/C26H22ClF3N4O3/c1-36-24-5-4-21(32-33-24)25(35)18-11-17(20(28)13-19(18)27)16-12-23(26(29)30)31-22-10-14(2-3-15(16)22)34-6-8-37-9-7-34/h2-5,10-13,25-26,35H,6-9H2,1H3/t25-/m0/s1. The molecule has 0 saturated carbocycles. The van der Waals surface area contributed by atoms with Crippen molar-refractivity contribution >= 4 is 28.2 Å². The van der Waals surface area contributed by atoms with Gasteiger partial charge in [0.2, 0.25) is 5.88 Å². The van der Waals surface area contributed by atoms with Crippen LogP contribution < -0.4 is 9.64 Å². The Kier molecular flexibility index (Phi) is 7.14. The van der Waals surface area contributed by atoms with E-state index in [2.05, 4.69) is 20.1 Å². The molecule has 1 N–H and O–H groups in total. The number of aromatic nitrogens is 3. The number of benzene rings is 2. The highest BCUT2D eigenvalue weighted by Gasteiger charge is 2.23. The number of morpholine rings is 1. The van der Waals surface area contributed by atoms with Gasteiger partial charge in [-0.25, -0.2) is 18.2 Å². The molecular weight excluding hydrogens is 509 g/mol. The van der Waals surface area contributed by atoms with Crippen LogP contribution in [-0.2, 0) is 4.74 Å². The maximum absolute atomic E-state index is 15.3. The Hall–Kier alpha value is -3.47. The van der Waals surface area contributed by atoms with Crippen LogP contribution in [0.5, 0.6) is 5.88 Å². The Balaban J connectivity index is 1.63. The summed E-state index contributed by atoms with van der Waals surface area (Å²) in [6.45, 7) is 2.45. The number of aliphatic hydroxyl groups excluding tert-OH is 1. The summed E-state index contributed by atoms with van der Waals surface area (Å²) in [6, 6.07) is 11.9. The van der Waals surface area contributed by atoms with Gasteiger partial charge in [-0.2, -0.15) is 0 Å². The Morgan fingerprint density at radius 1 is 1.00 bits per heavy atom. The van der Waals surface area contributed by atoms with Gasteiger partial charge in [0.1, 0.15) is 17.6 Å². The summed E-state index contributed by atoms with van der Waals surface area (Å²) in [5.74, 6) is -0.479. The zero-order valence-electron chi connectivity index (χ0n) is 19.7. The van der Waals surface area contributed by atoms with E-state index in [0.717, 1.165) is 17.8 Å². The van der Waals surface area contributed by atoms with Crippen molar-refractivity contribution in [2.24, 2.45) is 0 Å². The largest absolute Gasteiger partial charge is 0.480 e. The Morgan fingerprint density at radius 3 is 2.46 bits per heavy atom. The van der Waals surface area contributed by atoms with E-state index in [9.17, 15) is 13.9 Å². The van der Waals surface area contributed by atoms with E-state index < -0.39 is 24.0 Å². The molecule has 1 aliphatic rings. The van der Waals surface area contributed by atoms with Crippen molar-refractivity contribution < 1.29 is 27.8 Å². The number of methoxy groups -OCH3 is 1. The first-order valence-electron chi connectivity index (χ1n) is 11.5. The molecule has 0 bridgehead atoms. The number of nitrogens with zero attached hydrogens (tertiary/aromatic N) is 4. The molecule has 2 aromatic carbocycles. The van der Waals surface area contributed by atoms with Crippen molar-refractivity contribution in [3.8, 4) is 17.0 Å². The van der Waals surface area contributed by atoms with Crippen LogP contribution >= 0.6 is 11.6 Å². The van der Waals surface area contributed by atoms with Gasteiger partial charge in [-0.05, 0) is 42.0 Å². The van der Waals surface area contributed by atoms with Crippen molar-refractivity contribution in [3.05, 3.63) is 76.3 Å². The molecule has 1 fully saturated rings. The van der Waals surface area contributed by atoms with Gasteiger partial charge in [-0.3, -0.25) is 0 Å². The number of ether oxygens (including phenoxy) is 2. The first-order valence-corrected chi connectivity index (χ1v) is 11.8. The van der Waals surface area contributed by atoms with Gasteiger partial charge in [0.05, 0.1) is 31.5 Å². The summed E-state index contributed by atoms with van der Waals surface area (Å²) < 4.78 is 53.3. The number of aliphatic hydroxyl groups is 1. The monoisotopic (exact) mass is 530 g/mol. The highest BCUT2D eigenvalue weighted by Crippen LogP contribution is 2.38. The summed E-state index contributed by atoms with van der Waals surface area (Å²) >= 11 is 6.28. The minimum absolute atomic E-state index is 0.00616. The number of hydrogen-bond donors (Lipinski definition) is 1. The van der Waals surface area contributed by atoms with Crippen molar-refractivity contribution in [3.63, 3.8) is 0 Å². The molecule has 0 unspecified atom stereocenters. The number of pyridine rings is 1. The minimum Gasteiger partial charge on any atom is -0.480 e. The van der Waals surface area contributed by atoms with Crippen molar-refractivity contribution in [1.29, 1.82) is 0 Å². The minimum atomic E-state index is -2.87. The van der Waals surface area contributed by atoms with E-state index in [1.807, 2.05) is 6.07 Å². The lowest BCUT2D eigenvalue weighted by atomic mass is 9.95. The second kappa shape index (κ2) is 10.5. The van der Waals surface area contributed by atoms with Gasteiger partial charge in [-0.1, -0.05) is 17.7 Å². The third-order valence-electron chi connectivity index (χ3n) is 6.23. The zero-order valence-corrected chi connectivity index (χ0v) is 20.4. The summed E-state index contributed by atoms with van der Waals surface area (Å²) in [5, 5.41) is 19.1. The van der Waals surface area contributed by atoms with Gasteiger partial charge in [-0.15, -0.1) is 10.2 Å². The van der Waals surface area contributed by atoms with E-state index in [1.165, 1.54) is 25.3 Å². The van der Waals surface area contributed by atoms with Crippen LogP contribution in [0.15, 0.2) is 48.5 Å². The van der Waals surface area contributed by atoms with Gasteiger partial charge in [0.15, 0.2) is 0 Å². The molecule has 1 atom stereocenters. The van der Waals surface area contributed by atoms with Crippen LogP contribution in [0.4, 0.5) is 18.9 Å². The van der Waals surface area contributed by atoms with Gasteiger partial charge >= 0.3 is 0 Å². The molecule has 1 aliphatic heterocycles. The molecule has 0 radical (unpaired) electrons. The third-order valence-corrected chi connectivity index (χ3v) is 6.56. The van der Waals surface area contributed by atoms with Gasteiger partial charge in [0.25, 0.3) is 6.43 Å². The first-order chi connectivity index (χ1) is 17.9. The number of halogens is 4. The Morgan fingerprint density at radius 2 is 1.78 bits per heavy atom. The molecule has 0 aliphatic carbocycles. The van der Waals surface area contributed by atoms with Crippen molar-refractivity contribution in [2.75, 3.05) is 38.3 Å². The average Bonchev–Trinajstić information content (AvgIpc) is 2.92. The first kappa shape index (κ1) is 25.2. The molecule has 1 saturated heterocycles. The summed E-state index contributed by atoms with van der Waals surface area (Å²) in [6.07, 6.45) is -4.22. The van der Waals surface area contributed by atoms with E-state index in [1.54, 1.807) is 12.1 Å². The number of rotatable bonds is 6. The fraction of sp³-hybridized carbons (Fsp3) is 0.269. The lowest BCUT2D eigenvalue weighted by Crippen LogP contribution is -2.36. The van der Waals surface area contributed by atoms with Crippen LogP contribution in [0, 0.1) is 5.82 Å². The SMILES string of the molecule is COc1ccc([C@@H](O)c2cc(-c3cc(C(F)F)nc4cc(N5CCOCC5)ccc34)c(F)cc2Cl)nn1. The van der Waals surface area contributed by atoms with Crippen LogP contribution in [0.25, 0.3) is 22.0 Å². The number of hydrogen-bond acceptors (Lipinski definition) is 7. The zero-order chi connectivity index (χ0) is 26.1. The number of alkyl halides is 2. The summed E-state index contributed by atoms with van der Waals surface area (Å²) in [5.41, 5.74) is 1.12. The van der Waals surface area contributed by atoms with Gasteiger partial charge < -0.3 is 19.5 Å². The second-order valence-corrected chi connectivity index (χ2v) is 8.86. The predicted molar refractivity (Wildman–Crippen MR) is 133 cm³/mol. The quantitative estimate of drug-likeness (QED) is 0.360. The topological polar surface area (TPSA) is 80.6 Å². The van der Waals surface area contributed by atoms with Crippen LogP contribution in [0.3, 0.4) is 0 Å². The molecular formula is C26H22ClF3N4O3. The number of fused-ring (bicyclic) bond motifs is 1. The smallest absolute Gasteiger partial charge is 0.280 e. The Bertz CT molecular complexity index is 1430. The maximum Gasteiger partial charge on any atom is 0.280 e. The molecule has 7 nitrogen and oxygen atoms in total. The molecule has 37 heavy (non-hydrogen) atoms. The van der Waals surface area contributed by atoms with Crippen molar-refractivity contribution in [2.45, 2.75) is 12.5 Å². The molecule has 0 spiro atoms. The van der Waals surface area contributed by atoms with E-state index in [4.69, 9.17) is 21.1 Å². The second-order valence-electron chi connectivity index (χ2n) is 8.45. The predicted octanol–water partition coefficient (Wildman–Crippen LogP) is 5.35. The average molecular weight is 531 g/mol. The van der Waals surface area contributed by atoms with Crippen molar-refractivity contribution in [1.82, 2.24) is 15.2 Å². The third kappa shape index (κ3) is 5.04. The molecule has 5 rings (SSSR count). The van der Waals surface area contributed by atoms with E-state index in [-0.39, 0.29) is 33.3 Å². The molecule has 0 amide bonds. The fourth-order valence-electron chi connectivity index (χ4n) is 4.32. The van der Waals surface area contributed by atoms with Crippen LogP contribution in [0.2, 0.25) is 5.02 Å². The van der Waals surface area contributed by atoms with E-state index >= 15 is 4.39 Å². The van der Waals surface area contributed by atoms with E-state index in [0.29, 0.717) is 37.2 Å². The number of anilines is 1. The van der Waals surface area contributed by atoms with Crippen LogP contribution in [0.1, 0.15) is 29.5 Å². The summed E-state index contributed by atoms with van der Waals surface area (Å²) in [7, 11) is 1.43. The lowest BCUT2D eigenvalue weighted by Gasteiger charge is -2.29.